The van der Waals surface area contributed by atoms with Crippen LogP contribution in [0.3, 0.4) is 0 Å². The van der Waals surface area contributed by atoms with Gasteiger partial charge in [-0.25, -0.2) is 8.42 Å². The van der Waals surface area contributed by atoms with Gasteiger partial charge in [-0.2, -0.15) is 0 Å². The predicted octanol–water partition coefficient (Wildman–Crippen LogP) is 1.84. The summed E-state index contributed by atoms with van der Waals surface area (Å²) in [5, 5.41) is 3.00. The minimum absolute atomic E-state index is 0. The zero-order chi connectivity index (χ0) is 16.8. The van der Waals surface area contributed by atoms with Crippen LogP contribution in [0, 0.1) is 5.92 Å². The zero-order valence-corrected chi connectivity index (χ0v) is 15.4. The van der Waals surface area contributed by atoms with Crippen molar-refractivity contribution in [3.05, 3.63) is 23.8 Å². The average Bonchev–Trinajstić information content (AvgIpc) is 2.79. The quantitative estimate of drug-likeness (QED) is 0.769. The van der Waals surface area contributed by atoms with Crippen molar-refractivity contribution in [1.82, 2.24) is 5.32 Å². The lowest BCUT2D eigenvalue weighted by molar-refractivity contribution is -0.125. The number of carbonyl (C=O) groups excluding carboxylic acids is 1. The standard InChI is InChI=1S/C16H22N2O4S.ClH/c1-16(2)8-13(12-7-11(17)3-4-14(12)22-16)18-15(19)10-5-6-23(20,21)9-10;/h3-4,7,10,13H,5-6,8-9,17H2,1-2H3,(H,18,19);1H. The monoisotopic (exact) mass is 374 g/mol. The number of fused-ring (bicyclic) bond motifs is 1. The number of nitrogen functional groups attached to an aromatic ring is 1. The number of rotatable bonds is 2. The van der Waals surface area contributed by atoms with Gasteiger partial charge in [0.1, 0.15) is 11.4 Å². The smallest absolute Gasteiger partial charge is 0.224 e. The van der Waals surface area contributed by atoms with Crippen LogP contribution in [0.1, 0.15) is 38.3 Å². The van der Waals surface area contributed by atoms with Crippen LogP contribution < -0.4 is 15.8 Å². The maximum absolute atomic E-state index is 12.5. The van der Waals surface area contributed by atoms with Gasteiger partial charge in [0, 0.05) is 17.7 Å². The molecule has 3 rings (SSSR count). The summed E-state index contributed by atoms with van der Waals surface area (Å²) in [5.41, 5.74) is 6.89. The number of anilines is 1. The maximum atomic E-state index is 12.5. The third kappa shape index (κ3) is 3.95. The molecule has 1 aromatic rings. The molecule has 0 aliphatic carbocycles. The van der Waals surface area contributed by atoms with E-state index in [1.807, 2.05) is 19.9 Å². The van der Waals surface area contributed by atoms with Crippen molar-refractivity contribution in [2.45, 2.75) is 38.3 Å². The van der Waals surface area contributed by atoms with E-state index in [0.717, 1.165) is 5.56 Å². The molecule has 0 aromatic heterocycles. The Morgan fingerprint density at radius 2 is 2.08 bits per heavy atom. The number of nitrogens with one attached hydrogen (secondary N) is 1. The van der Waals surface area contributed by atoms with Gasteiger partial charge in [-0.1, -0.05) is 0 Å². The van der Waals surface area contributed by atoms with Gasteiger partial charge in [0.2, 0.25) is 5.91 Å². The number of halogens is 1. The summed E-state index contributed by atoms with van der Waals surface area (Å²) < 4.78 is 29.1. The van der Waals surface area contributed by atoms with E-state index >= 15 is 0 Å². The Balaban J connectivity index is 0.00000208. The Bertz CT molecular complexity index is 748. The van der Waals surface area contributed by atoms with Crippen LogP contribution in [0.15, 0.2) is 18.2 Å². The first kappa shape index (κ1) is 18.9. The first-order valence-corrected chi connectivity index (χ1v) is 9.57. The van der Waals surface area contributed by atoms with Gasteiger partial charge in [0.05, 0.1) is 23.5 Å². The second-order valence-electron chi connectivity index (χ2n) is 7.02. The summed E-state index contributed by atoms with van der Waals surface area (Å²) in [4.78, 5) is 12.5. The topological polar surface area (TPSA) is 98.5 Å². The largest absolute Gasteiger partial charge is 0.487 e. The second kappa shape index (κ2) is 6.44. The van der Waals surface area contributed by atoms with Crippen LogP contribution in [0.25, 0.3) is 0 Å². The highest BCUT2D eigenvalue weighted by molar-refractivity contribution is 7.91. The van der Waals surface area contributed by atoms with Gasteiger partial charge in [-0.3, -0.25) is 4.79 Å². The Hall–Kier alpha value is -1.47. The van der Waals surface area contributed by atoms with Crippen LogP contribution >= 0.6 is 12.4 Å². The molecular weight excluding hydrogens is 352 g/mol. The molecule has 0 spiro atoms. The summed E-state index contributed by atoms with van der Waals surface area (Å²) in [6.45, 7) is 3.93. The predicted molar refractivity (Wildman–Crippen MR) is 95.1 cm³/mol. The molecule has 8 heteroatoms. The highest BCUT2D eigenvalue weighted by atomic mass is 35.5. The van der Waals surface area contributed by atoms with E-state index in [1.54, 1.807) is 12.1 Å². The van der Waals surface area contributed by atoms with Crippen molar-refractivity contribution < 1.29 is 17.9 Å². The number of amides is 1. The zero-order valence-electron chi connectivity index (χ0n) is 13.7. The van der Waals surface area contributed by atoms with Gasteiger partial charge < -0.3 is 15.8 Å². The number of hydrogen-bond acceptors (Lipinski definition) is 5. The van der Waals surface area contributed by atoms with Gasteiger partial charge in [0.25, 0.3) is 0 Å². The Morgan fingerprint density at radius 1 is 1.38 bits per heavy atom. The van der Waals surface area contributed by atoms with E-state index in [2.05, 4.69) is 5.32 Å². The first-order valence-electron chi connectivity index (χ1n) is 7.74. The highest BCUT2D eigenvalue weighted by Crippen LogP contribution is 2.40. The van der Waals surface area contributed by atoms with Crippen molar-refractivity contribution in [2.75, 3.05) is 17.2 Å². The molecule has 1 aromatic carbocycles. The molecule has 2 aliphatic rings. The van der Waals surface area contributed by atoms with E-state index in [9.17, 15) is 13.2 Å². The van der Waals surface area contributed by atoms with Crippen molar-refractivity contribution in [3.63, 3.8) is 0 Å². The third-order valence-electron chi connectivity index (χ3n) is 4.41. The summed E-state index contributed by atoms with van der Waals surface area (Å²) in [5.74, 6) is 0.0701. The molecule has 24 heavy (non-hydrogen) atoms. The fourth-order valence-electron chi connectivity index (χ4n) is 3.29. The second-order valence-corrected chi connectivity index (χ2v) is 9.25. The molecule has 3 N–H and O–H groups in total. The molecule has 1 amide bonds. The SMILES string of the molecule is CC1(C)CC(NC(=O)C2CCS(=O)(=O)C2)c2cc(N)ccc2O1.Cl. The maximum Gasteiger partial charge on any atom is 0.224 e. The normalized spacial score (nSPS) is 26.6. The number of ether oxygens (including phenoxy) is 1. The summed E-state index contributed by atoms with van der Waals surface area (Å²) in [6, 6.07) is 5.15. The van der Waals surface area contributed by atoms with E-state index in [4.69, 9.17) is 10.5 Å². The summed E-state index contributed by atoms with van der Waals surface area (Å²) >= 11 is 0. The van der Waals surface area contributed by atoms with Crippen LogP contribution in [-0.2, 0) is 14.6 Å². The summed E-state index contributed by atoms with van der Waals surface area (Å²) in [6.07, 6.45) is 0.999. The lowest BCUT2D eigenvalue weighted by Crippen LogP contribution is -2.43. The lowest BCUT2D eigenvalue weighted by atomic mass is 9.89. The number of hydrogen-bond donors (Lipinski definition) is 2. The van der Waals surface area contributed by atoms with Crippen LogP contribution in [0.2, 0.25) is 0 Å². The van der Waals surface area contributed by atoms with Crippen molar-refractivity contribution in [1.29, 1.82) is 0 Å². The molecule has 2 aliphatic heterocycles. The van der Waals surface area contributed by atoms with Gasteiger partial charge in [-0.15, -0.1) is 12.4 Å². The molecule has 0 radical (unpaired) electrons. The Labute approximate surface area is 148 Å². The van der Waals surface area contributed by atoms with E-state index in [1.165, 1.54) is 0 Å². The molecule has 134 valence electrons. The molecule has 6 nitrogen and oxygen atoms in total. The minimum Gasteiger partial charge on any atom is -0.487 e. The number of carbonyl (C=O) groups is 1. The molecule has 2 heterocycles. The van der Waals surface area contributed by atoms with Gasteiger partial charge >= 0.3 is 0 Å². The average molecular weight is 375 g/mol. The van der Waals surface area contributed by atoms with Crippen LogP contribution in [-0.4, -0.2) is 31.4 Å². The van der Waals surface area contributed by atoms with E-state index in [0.29, 0.717) is 24.3 Å². The summed E-state index contributed by atoms with van der Waals surface area (Å²) in [7, 11) is -3.08. The minimum atomic E-state index is -3.08. The molecule has 2 atom stereocenters. The van der Waals surface area contributed by atoms with Crippen molar-refractivity contribution >= 4 is 33.8 Å². The van der Waals surface area contributed by atoms with E-state index in [-0.39, 0.29) is 35.9 Å². The molecule has 0 saturated carbocycles. The van der Waals surface area contributed by atoms with Crippen LogP contribution in [0.5, 0.6) is 5.75 Å². The van der Waals surface area contributed by atoms with E-state index < -0.39 is 21.4 Å². The van der Waals surface area contributed by atoms with Gasteiger partial charge in [0.15, 0.2) is 9.84 Å². The fourth-order valence-corrected chi connectivity index (χ4v) is 5.03. The number of nitrogens with two attached hydrogens (primary N) is 1. The number of sulfone groups is 1. The third-order valence-corrected chi connectivity index (χ3v) is 6.18. The Morgan fingerprint density at radius 3 is 2.71 bits per heavy atom. The van der Waals surface area contributed by atoms with Crippen LogP contribution in [0.4, 0.5) is 5.69 Å². The lowest BCUT2D eigenvalue weighted by Gasteiger charge is -2.38. The van der Waals surface area contributed by atoms with Gasteiger partial charge in [-0.05, 0) is 38.5 Å². The molecule has 0 bridgehead atoms. The molecule has 2 unspecified atom stereocenters. The van der Waals surface area contributed by atoms with Crippen molar-refractivity contribution in [3.8, 4) is 5.75 Å². The molecular formula is C16H23ClN2O4S. The Kier molecular flexibility index (Phi) is 5.06. The first-order chi connectivity index (χ1) is 10.7. The van der Waals surface area contributed by atoms with Crippen molar-refractivity contribution in [2.24, 2.45) is 5.92 Å². The fraction of sp³-hybridized carbons (Fsp3) is 0.562. The highest BCUT2D eigenvalue weighted by Gasteiger charge is 2.38. The number of benzene rings is 1. The molecule has 1 fully saturated rings. The molecule has 1 saturated heterocycles.